The zero-order valence-corrected chi connectivity index (χ0v) is 8.54. The first-order chi connectivity index (χ1) is 8.21. The lowest BCUT2D eigenvalue weighted by Crippen LogP contribution is -2.12. The van der Waals surface area contributed by atoms with Crippen LogP contribution >= 0.6 is 0 Å². The zero-order valence-electron chi connectivity index (χ0n) is 8.54. The van der Waals surface area contributed by atoms with Gasteiger partial charge in [-0.1, -0.05) is 11.8 Å². The van der Waals surface area contributed by atoms with Crippen molar-refractivity contribution in [2.45, 2.75) is 12.6 Å². The lowest BCUT2D eigenvalue weighted by molar-refractivity contribution is -0.244. The first-order valence-electron chi connectivity index (χ1n) is 4.46. The highest BCUT2D eigenvalue weighted by atomic mass is 19.4. The van der Waals surface area contributed by atoms with Gasteiger partial charge in [-0.25, -0.2) is 8.78 Å². The molecule has 0 radical (unpaired) electrons. The third kappa shape index (κ3) is 3.51. The number of aromatic nitrogens is 1. The van der Waals surface area contributed by atoms with Crippen molar-refractivity contribution in [3.8, 4) is 0 Å². The fraction of sp³-hybridized carbons (Fsp3) is 0.200. The molecule has 0 aromatic carbocycles. The molecule has 0 aliphatic carbocycles. The third-order valence-electron chi connectivity index (χ3n) is 1.83. The van der Waals surface area contributed by atoms with Crippen LogP contribution in [0.4, 0.5) is 22.0 Å². The Labute approximate surface area is 97.6 Å². The van der Waals surface area contributed by atoms with E-state index in [1.54, 1.807) is 0 Å². The van der Waals surface area contributed by atoms with E-state index >= 15 is 0 Å². The number of allylic oxidation sites excluding steroid dienone is 1. The van der Waals surface area contributed by atoms with Crippen molar-refractivity contribution in [1.82, 2.24) is 4.98 Å². The Hall–Kier alpha value is -1.99. The molecule has 0 amide bonds. The van der Waals surface area contributed by atoms with Crippen molar-refractivity contribution >= 4 is 11.5 Å². The molecule has 0 bridgehead atoms. The van der Waals surface area contributed by atoms with Crippen LogP contribution < -0.4 is 5.11 Å². The standard InChI is InChI=1S/C10H6F5NO2/c11-9(12)7(18)3-6(17)5-1-2-8(16-4-5)10(13,14)15/h1-4,9,17H/p-1/b6-3-. The number of carbonyl (C=O) groups is 1. The topological polar surface area (TPSA) is 53.0 Å². The van der Waals surface area contributed by atoms with E-state index in [1.165, 1.54) is 0 Å². The fourth-order valence-electron chi connectivity index (χ4n) is 0.983. The van der Waals surface area contributed by atoms with Gasteiger partial charge in [-0.2, -0.15) is 13.2 Å². The summed E-state index contributed by atoms with van der Waals surface area (Å²) in [6, 6.07) is 1.28. The van der Waals surface area contributed by atoms with Gasteiger partial charge in [0.05, 0.1) is 0 Å². The minimum Gasteiger partial charge on any atom is -0.872 e. The molecule has 1 heterocycles. The molecule has 3 nitrogen and oxygen atoms in total. The van der Waals surface area contributed by atoms with Crippen molar-refractivity contribution in [3.05, 3.63) is 35.7 Å². The first kappa shape index (κ1) is 14.1. The Bertz CT molecular complexity index is 464. The van der Waals surface area contributed by atoms with Crippen LogP contribution in [0.5, 0.6) is 0 Å². The number of halogens is 5. The van der Waals surface area contributed by atoms with Gasteiger partial charge in [-0.15, -0.1) is 0 Å². The smallest absolute Gasteiger partial charge is 0.433 e. The molecule has 18 heavy (non-hydrogen) atoms. The zero-order chi connectivity index (χ0) is 13.9. The predicted octanol–water partition coefficient (Wildman–Crippen LogP) is 1.64. The molecule has 0 atom stereocenters. The lowest BCUT2D eigenvalue weighted by atomic mass is 10.2. The van der Waals surface area contributed by atoms with E-state index in [2.05, 4.69) is 4.98 Å². The number of ketones is 1. The highest BCUT2D eigenvalue weighted by Gasteiger charge is 2.31. The SMILES string of the molecule is O=C(/C=C(\[O-])c1ccc(C(F)(F)F)nc1)C(F)F. The number of carbonyl (C=O) groups excluding carboxylic acids is 1. The maximum absolute atomic E-state index is 12.1. The Kier molecular flexibility index (Phi) is 4.00. The van der Waals surface area contributed by atoms with E-state index in [0.717, 1.165) is 6.07 Å². The van der Waals surface area contributed by atoms with Gasteiger partial charge >= 0.3 is 6.18 Å². The quantitative estimate of drug-likeness (QED) is 0.474. The van der Waals surface area contributed by atoms with Crippen molar-refractivity contribution < 1.29 is 31.9 Å². The summed E-state index contributed by atoms with van der Waals surface area (Å²) in [5.74, 6) is -2.83. The van der Waals surface area contributed by atoms with Crippen molar-refractivity contribution in [2.24, 2.45) is 0 Å². The average Bonchev–Trinajstić information content (AvgIpc) is 2.27. The van der Waals surface area contributed by atoms with Gasteiger partial charge in [-0.3, -0.25) is 9.78 Å². The second-order valence-corrected chi connectivity index (χ2v) is 3.14. The second-order valence-electron chi connectivity index (χ2n) is 3.14. The Morgan fingerprint density at radius 3 is 2.33 bits per heavy atom. The Morgan fingerprint density at radius 1 is 1.33 bits per heavy atom. The molecule has 0 saturated carbocycles. The molecule has 1 aromatic heterocycles. The molecule has 0 spiro atoms. The average molecular weight is 266 g/mol. The van der Waals surface area contributed by atoms with Crippen molar-refractivity contribution in [3.63, 3.8) is 0 Å². The lowest BCUT2D eigenvalue weighted by Gasteiger charge is -2.12. The summed E-state index contributed by atoms with van der Waals surface area (Å²) in [7, 11) is 0. The highest BCUT2D eigenvalue weighted by Crippen LogP contribution is 2.27. The summed E-state index contributed by atoms with van der Waals surface area (Å²) in [6.07, 6.45) is -7.31. The van der Waals surface area contributed by atoms with E-state index in [4.69, 9.17) is 0 Å². The van der Waals surface area contributed by atoms with E-state index in [9.17, 15) is 31.9 Å². The van der Waals surface area contributed by atoms with E-state index in [0.29, 0.717) is 12.3 Å². The molecule has 98 valence electrons. The minimum atomic E-state index is -4.66. The Balaban J connectivity index is 2.96. The summed E-state index contributed by atoms with van der Waals surface area (Å²) in [5, 5.41) is 11.2. The largest absolute Gasteiger partial charge is 0.872 e. The van der Waals surface area contributed by atoms with Crippen molar-refractivity contribution in [1.29, 1.82) is 0 Å². The molecule has 8 heteroatoms. The van der Waals surface area contributed by atoms with Crippen LogP contribution in [-0.2, 0) is 11.0 Å². The molecular weight excluding hydrogens is 261 g/mol. The van der Waals surface area contributed by atoms with Gasteiger partial charge < -0.3 is 5.11 Å². The summed E-state index contributed by atoms with van der Waals surface area (Å²) in [6.45, 7) is 0. The second kappa shape index (κ2) is 5.11. The molecular formula is C10H5F5NO2-. The number of hydrogen-bond donors (Lipinski definition) is 0. The molecule has 0 fully saturated rings. The number of rotatable bonds is 3. The van der Waals surface area contributed by atoms with Gasteiger partial charge in [0.2, 0.25) is 5.78 Å². The van der Waals surface area contributed by atoms with Gasteiger partial charge in [0.15, 0.2) is 0 Å². The van der Waals surface area contributed by atoms with Crippen LogP contribution in [0.3, 0.4) is 0 Å². The molecule has 0 unspecified atom stereocenters. The maximum Gasteiger partial charge on any atom is 0.433 e. The maximum atomic E-state index is 12.1. The van der Waals surface area contributed by atoms with E-state index in [1.807, 2.05) is 0 Å². The summed E-state index contributed by atoms with van der Waals surface area (Å²) in [5.41, 5.74) is -1.60. The van der Waals surface area contributed by atoms with E-state index in [-0.39, 0.29) is 11.6 Å². The predicted molar refractivity (Wildman–Crippen MR) is 48.2 cm³/mol. The van der Waals surface area contributed by atoms with Gasteiger partial charge in [0.1, 0.15) is 5.69 Å². The third-order valence-corrected chi connectivity index (χ3v) is 1.83. The van der Waals surface area contributed by atoms with Gasteiger partial charge in [-0.05, 0) is 17.7 Å². The molecule has 0 saturated heterocycles. The van der Waals surface area contributed by atoms with Crippen molar-refractivity contribution in [2.75, 3.05) is 0 Å². The minimum absolute atomic E-state index is 0.120. The van der Waals surface area contributed by atoms with Crippen LogP contribution in [0.25, 0.3) is 5.76 Å². The Morgan fingerprint density at radius 2 is 1.94 bits per heavy atom. The number of nitrogens with zero attached hydrogens (tertiary/aromatic N) is 1. The number of pyridine rings is 1. The molecule has 0 aliphatic rings. The first-order valence-corrected chi connectivity index (χ1v) is 4.46. The molecule has 0 aliphatic heterocycles. The van der Waals surface area contributed by atoms with Gasteiger partial charge in [0.25, 0.3) is 6.43 Å². The van der Waals surface area contributed by atoms with Crippen LogP contribution in [0.15, 0.2) is 24.4 Å². The molecule has 1 rings (SSSR count). The summed E-state index contributed by atoms with van der Waals surface area (Å²) >= 11 is 0. The fourth-order valence-corrected chi connectivity index (χ4v) is 0.983. The monoisotopic (exact) mass is 266 g/mol. The molecule has 1 aromatic rings. The van der Waals surface area contributed by atoms with E-state index < -0.39 is 29.8 Å². The van der Waals surface area contributed by atoms with Crippen LogP contribution in [0.2, 0.25) is 0 Å². The number of alkyl halides is 5. The number of hydrogen-bond acceptors (Lipinski definition) is 3. The van der Waals surface area contributed by atoms with Gasteiger partial charge in [0, 0.05) is 6.20 Å². The summed E-state index contributed by atoms with van der Waals surface area (Å²) in [4.78, 5) is 13.5. The van der Waals surface area contributed by atoms with Crippen LogP contribution in [0, 0.1) is 0 Å². The normalized spacial score (nSPS) is 12.9. The van der Waals surface area contributed by atoms with Crippen LogP contribution in [0.1, 0.15) is 11.3 Å². The summed E-state index contributed by atoms with van der Waals surface area (Å²) < 4.78 is 60.0. The van der Waals surface area contributed by atoms with Crippen LogP contribution in [-0.4, -0.2) is 17.2 Å². The highest BCUT2D eigenvalue weighted by molar-refractivity contribution is 5.97. The molecule has 0 N–H and O–H groups in total.